The van der Waals surface area contributed by atoms with Gasteiger partial charge in [-0.25, -0.2) is 9.37 Å². The van der Waals surface area contributed by atoms with Crippen molar-refractivity contribution in [3.8, 4) is 0 Å². The largest absolute Gasteiger partial charge is 0.380 e. The van der Waals surface area contributed by atoms with Crippen LogP contribution in [0.1, 0.15) is 27.2 Å². The highest BCUT2D eigenvalue weighted by Gasteiger charge is 2.07. The zero-order chi connectivity index (χ0) is 19.1. The fourth-order valence-corrected chi connectivity index (χ4v) is 2.76. The van der Waals surface area contributed by atoms with E-state index in [1.165, 1.54) is 17.2 Å². The number of aromatic nitrogens is 1. The number of hydrogen-bond acceptors (Lipinski definition) is 3. The van der Waals surface area contributed by atoms with Gasteiger partial charge in [0.2, 0.25) is 0 Å². The third-order valence-corrected chi connectivity index (χ3v) is 4.21. The predicted molar refractivity (Wildman–Crippen MR) is 105 cm³/mol. The maximum atomic E-state index is 13.6. The van der Waals surface area contributed by atoms with E-state index in [1.807, 2.05) is 12.1 Å². The first kappa shape index (κ1) is 18.6. The van der Waals surface area contributed by atoms with Crippen LogP contribution in [0.4, 0.5) is 10.1 Å². The van der Waals surface area contributed by atoms with Gasteiger partial charge < -0.3 is 10.6 Å². The second-order valence-corrected chi connectivity index (χ2v) is 6.37. The molecule has 138 valence electrons. The molecule has 0 unspecified atom stereocenters. The van der Waals surface area contributed by atoms with Gasteiger partial charge in [0.05, 0.1) is 11.9 Å². The zero-order valence-electron chi connectivity index (χ0n) is 15.2. The van der Waals surface area contributed by atoms with Crippen molar-refractivity contribution in [1.82, 2.24) is 10.3 Å². The van der Waals surface area contributed by atoms with Crippen LogP contribution in [-0.2, 0) is 13.0 Å². The van der Waals surface area contributed by atoms with Crippen molar-refractivity contribution in [2.45, 2.75) is 19.9 Å². The second kappa shape index (κ2) is 8.94. The molecular formula is C22H22FN3O. The number of pyridine rings is 1. The summed E-state index contributed by atoms with van der Waals surface area (Å²) < 4.78 is 13.6. The molecule has 0 atom stereocenters. The Kier molecular flexibility index (Phi) is 6.15. The molecule has 2 aromatic carbocycles. The molecule has 3 rings (SSSR count). The van der Waals surface area contributed by atoms with Gasteiger partial charge in [0.25, 0.3) is 5.91 Å². The van der Waals surface area contributed by atoms with E-state index in [4.69, 9.17) is 0 Å². The third-order valence-electron chi connectivity index (χ3n) is 4.21. The van der Waals surface area contributed by atoms with Crippen molar-refractivity contribution in [3.05, 3.63) is 95.1 Å². The van der Waals surface area contributed by atoms with Crippen LogP contribution in [0, 0.1) is 12.7 Å². The molecular weight excluding hydrogens is 341 g/mol. The molecule has 5 heteroatoms. The normalized spacial score (nSPS) is 10.4. The third kappa shape index (κ3) is 5.38. The van der Waals surface area contributed by atoms with Crippen molar-refractivity contribution >= 4 is 11.6 Å². The summed E-state index contributed by atoms with van der Waals surface area (Å²) in [5, 5.41) is 6.06. The van der Waals surface area contributed by atoms with Crippen LogP contribution in [0.3, 0.4) is 0 Å². The Bertz CT molecular complexity index is 909. The van der Waals surface area contributed by atoms with Gasteiger partial charge in [-0.15, -0.1) is 0 Å². The van der Waals surface area contributed by atoms with Crippen molar-refractivity contribution < 1.29 is 9.18 Å². The highest BCUT2D eigenvalue weighted by Crippen LogP contribution is 2.10. The van der Waals surface area contributed by atoms with Gasteiger partial charge in [-0.2, -0.15) is 0 Å². The van der Waals surface area contributed by atoms with E-state index in [1.54, 1.807) is 30.5 Å². The summed E-state index contributed by atoms with van der Waals surface area (Å²) in [5.41, 5.74) is 4.17. The van der Waals surface area contributed by atoms with Gasteiger partial charge in [-0.1, -0.05) is 48.0 Å². The Balaban J connectivity index is 1.49. The minimum absolute atomic E-state index is 0.256. The second-order valence-electron chi connectivity index (χ2n) is 6.37. The Labute approximate surface area is 158 Å². The van der Waals surface area contributed by atoms with Gasteiger partial charge >= 0.3 is 0 Å². The molecule has 1 amide bonds. The van der Waals surface area contributed by atoms with Gasteiger partial charge in [0, 0.05) is 13.1 Å². The van der Waals surface area contributed by atoms with E-state index < -0.39 is 0 Å². The molecule has 1 heterocycles. The first-order valence-corrected chi connectivity index (χ1v) is 8.89. The highest BCUT2D eigenvalue weighted by molar-refractivity contribution is 5.92. The number of nitrogens with zero attached hydrogens (tertiary/aromatic N) is 1. The Morgan fingerprint density at radius 2 is 1.93 bits per heavy atom. The van der Waals surface area contributed by atoms with Crippen LogP contribution in [0.25, 0.3) is 0 Å². The fourth-order valence-electron chi connectivity index (χ4n) is 2.76. The lowest BCUT2D eigenvalue weighted by Gasteiger charge is -2.08. The molecule has 0 fully saturated rings. The number of aryl methyl sites for hydroxylation is 1. The lowest BCUT2D eigenvalue weighted by Crippen LogP contribution is -2.26. The van der Waals surface area contributed by atoms with Gasteiger partial charge in [-0.05, 0) is 42.7 Å². The molecule has 0 radical (unpaired) electrons. The molecule has 0 aliphatic rings. The number of nitrogens with one attached hydrogen (secondary N) is 2. The maximum Gasteiger partial charge on any atom is 0.269 e. The molecule has 0 saturated heterocycles. The van der Waals surface area contributed by atoms with Crippen LogP contribution >= 0.6 is 0 Å². The smallest absolute Gasteiger partial charge is 0.269 e. The molecule has 0 aliphatic carbocycles. The topological polar surface area (TPSA) is 54.0 Å². The summed E-state index contributed by atoms with van der Waals surface area (Å²) in [6.07, 6.45) is 2.08. The van der Waals surface area contributed by atoms with Gasteiger partial charge in [0.15, 0.2) is 0 Å². The number of halogens is 1. The van der Waals surface area contributed by atoms with Gasteiger partial charge in [-0.3, -0.25) is 4.79 Å². The zero-order valence-corrected chi connectivity index (χ0v) is 15.2. The lowest BCUT2D eigenvalue weighted by atomic mass is 10.1. The number of amides is 1. The van der Waals surface area contributed by atoms with Crippen LogP contribution in [0.5, 0.6) is 0 Å². The van der Waals surface area contributed by atoms with E-state index >= 15 is 0 Å². The van der Waals surface area contributed by atoms with Crippen LogP contribution in [0.15, 0.2) is 66.9 Å². The Morgan fingerprint density at radius 3 is 2.67 bits per heavy atom. The van der Waals surface area contributed by atoms with E-state index in [2.05, 4.69) is 40.7 Å². The molecule has 1 aromatic heterocycles. The average Bonchev–Trinajstić information content (AvgIpc) is 2.68. The minimum Gasteiger partial charge on any atom is -0.380 e. The Hall–Kier alpha value is -3.21. The molecule has 0 spiro atoms. The van der Waals surface area contributed by atoms with E-state index in [0.29, 0.717) is 30.8 Å². The number of rotatable bonds is 7. The molecule has 3 aromatic rings. The number of anilines is 1. The standard InChI is InChI=1S/C22H22FN3O/c1-16-5-4-6-17(13-16)14-25-19-9-10-21(26-15-19)22(27)24-12-11-18-7-2-3-8-20(18)23/h2-10,13,15,25H,11-12,14H2,1H3,(H,24,27). The Morgan fingerprint density at radius 1 is 1.07 bits per heavy atom. The lowest BCUT2D eigenvalue weighted by molar-refractivity contribution is 0.0949. The molecule has 4 nitrogen and oxygen atoms in total. The average molecular weight is 363 g/mol. The summed E-state index contributed by atoms with van der Waals surface area (Å²) in [6, 6.07) is 18.3. The van der Waals surface area contributed by atoms with E-state index in [0.717, 1.165) is 5.69 Å². The number of carbonyl (C=O) groups is 1. The summed E-state index contributed by atoms with van der Waals surface area (Å²) in [6.45, 7) is 3.11. The summed E-state index contributed by atoms with van der Waals surface area (Å²) in [4.78, 5) is 16.4. The molecule has 0 aliphatic heterocycles. The number of hydrogen-bond donors (Lipinski definition) is 2. The quantitative estimate of drug-likeness (QED) is 0.664. The number of benzene rings is 2. The molecule has 0 saturated carbocycles. The van der Waals surface area contributed by atoms with Crippen molar-refractivity contribution in [3.63, 3.8) is 0 Å². The number of carbonyl (C=O) groups excluding carboxylic acids is 1. The van der Waals surface area contributed by atoms with Crippen LogP contribution in [0.2, 0.25) is 0 Å². The minimum atomic E-state index is -0.267. The predicted octanol–water partition coefficient (Wildman–Crippen LogP) is 4.11. The molecule has 27 heavy (non-hydrogen) atoms. The monoisotopic (exact) mass is 363 g/mol. The van der Waals surface area contributed by atoms with Crippen molar-refractivity contribution in [1.29, 1.82) is 0 Å². The summed E-state index contributed by atoms with van der Waals surface area (Å²) >= 11 is 0. The first-order chi connectivity index (χ1) is 13.1. The van der Waals surface area contributed by atoms with Crippen molar-refractivity contribution in [2.75, 3.05) is 11.9 Å². The van der Waals surface area contributed by atoms with E-state index in [9.17, 15) is 9.18 Å². The fraction of sp³-hybridized carbons (Fsp3) is 0.182. The molecule has 0 bridgehead atoms. The van der Waals surface area contributed by atoms with Gasteiger partial charge in [0.1, 0.15) is 11.5 Å². The van der Waals surface area contributed by atoms with Crippen molar-refractivity contribution in [2.24, 2.45) is 0 Å². The van der Waals surface area contributed by atoms with E-state index in [-0.39, 0.29) is 11.7 Å². The first-order valence-electron chi connectivity index (χ1n) is 8.89. The molecule has 2 N–H and O–H groups in total. The summed E-state index contributed by atoms with van der Waals surface area (Å²) in [5.74, 6) is -0.523. The highest BCUT2D eigenvalue weighted by atomic mass is 19.1. The summed E-state index contributed by atoms with van der Waals surface area (Å²) in [7, 11) is 0. The maximum absolute atomic E-state index is 13.6. The SMILES string of the molecule is Cc1cccc(CNc2ccc(C(=O)NCCc3ccccc3F)nc2)c1. The van der Waals surface area contributed by atoms with Crippen LogP contribution in [-0.4, -0.2) is 17.4 Å². The van der Waals surface area contributed by atoms with Crippen LogP contribution < -0.4 is 10.6 Å².